The molecule has 5 nitrogen and oxygen atoms in total. The number of halogens is 2. The number of anilines is 2. The van der Waals surface area contributed by atoms with Gasteiger partial charge in [0.1, 0.15) is 17.5 Å². The summed E-state index contributed by atoms with van der Waals surface area (Å²) in [6, 6.07) is 11.2. The molecule has 0 radical (unpaired) electrons. The topological polar surface area (TPSA) is 55.1 Å². The molecule has 2 heterocycles. The molecule has 0 saturated carbocycles. The first kappa shape index (κ1) is 16.2. The number of rotatable bonds is 3. The maximum Gasteiger partial charge on any atom is 0.257 e. The second-order valence-electron chi connectivity index (χ2n) is 5.75. The Kier molecular flexibility index (Phi) is 4.03. The average molecular weight is 447 g/mol. The maximum absolute atomic E-state index is 14.4. The molecule has 0 atom stereocenters. The summed E-state index contributed by atoms with van der Waals surface area (Å²) in [5.74, 6) is 1.58. The van der Waals surface area contributed by atoms with Gasteiger partial charge in [0.25, 0.3) is 5.78 Å². The van der Waals surface area contributed by atoms with Gasteiger partial charge >= 0.3 is 0 Å². The third-order valence-electron chi connectivity index (χ3n) is 4.17. The zero-order valence-corrected chi connectivity index (χ0v) is 15.9. The number of aryl methyl sites for hydroxylation is 2. The van der Waals surface area contributed by atoms with Crippen LogP contribution in [0.1, 0.15) is 18.3 Å². The summed E-state index contributed by atoms with van der Waals surface area (Å²) in [6.07, 6.45) is 0.568. The minimum absolute atomic E-state index is 0.229. The van der Waals surface area contributed by atoms with Crippen LogP contribution in [0.3, 0.4) is 0 Å². The van der Waals surface area contributed by atoms with Crippen molar-refractivity contribution in [2.45, 2.75) is 20.3 Å². The normalized spacial score (nSPS) is 11.4. The SMILES string of the molecule is CCc1c(F)ccc2c1c(Nc1cccc(I)c1)nc1nnc(C)n12. The molecule has 0 unspecified atom stereocenters. The van der Waals surface area contributed by atoms with Crippen molar-refractivity contribution in [2.75, 3.05) is 5.32 Å². The highest BCUT2D eigenvalue weighted by atomic mass is 127. The summed E-state index contributed by atoms with van der Waals surface area (Å²) in [4.78, 5) is 4.61. The van der Waals surface area contributed by atoms with Crippen LogP contribution in [0.25, 0.3) is 16.7 Å². The highest BCUT2D eigenvalue weighted by molar-refractivity contribution is 14.1. The Morgan fingerprint density at radius 3 is 2.80 bits per heavy atom. The van der Waals surface area contributed by atoms with Gasteiger partial charge in [-0.05, 0) is 66.3 Å². The lowest BCUT2D eigenvalue weighted by Crippen LogP contribution is -2.04. The van der Waals surface area contributed by atoms with Gasteiger partial charge < -0.3 is 5.32 Å². The largest absolute Gasteiger partial charge is 0.340 e. The van der Waals surface area contributed by atoms with Crippen molar-refractivity contribution >= 4 is 50.8 Å². The van der Waals surface area contributed by atoms with Crippen LogP contribution in [0, 0.1) is 16.3 Å². The molecule has 0 saturated heterocycles. The summed E-state index contributed by atoms with van der Waals surface area (Å²) in [7, 11) is 0. The van der Waals surface area contributed by atoms with Gasteiger partial charge in [0.2, 0.25) is 0 Å². The molecular weight excluding hydrogens is 432 g/mol. The Balaban J connectivity index is 2.05. The van der Waals surface area contributed by atoms with Crippen molar-refractivity contribution in [1.82, 2.24) is 19.6 Å². The van der Waals surface area contributed by atoms with E-state index in [0.29, 0.717) is 23.6 Å². The molecular formula is C18H15FIN5. The van der Waals surface area contributed by atoms with Gasteiger partial charge in [-0.3, -0.25) is 4.40 Å². The fraction of sp³-hybridized carbons (Fsp3) is 0.167. The lowest BCUT2D eigenvalue weighted by molar-refractivity contribution is 0.615. The molecule has 0 spiro atoms. The van der Waals surface area contributed by atoms with Gasteiger partial charge in [0.05, 0.1) is 5.52 Å². The van der Waals surface area contributed by atoms with Gasteiger partial charge in [0, 0.05) is 20.2 Å². The van der Waals surface area contributed by atoms with Gasteiger partial charge in [-0.1, -0.05) is 13.0 Å². The van der Waals surface area contributed by atoms with E-state index in [0.717, 1.165) is 26.0 Å². The third-order valence-corrected chi connectivity index (χ3v) is 4.84. The summed E-state index contributed by atoms with van der Waals surface area (Å²) < 4.78 is 17.4. The molecule has 4 rings (SSSR count). The average Bonchev–Trinajstić information content (AvgIpc) is 2.96. The first-order chi connectivity index (χ1) is 12.1. The molecule has 126 valence electrons. The molecule has 0 fully saturated rings. The monoisotopic (exact) mass is 447 g/mol. The molecule has 1 N–H and O–H groups in total. The summed E-state index contributed by atoms with van der Waals surface area (Å²) in [5, 5.41) is 12.3. The molecule has 4 aromatic rings. The molecule has 0 aliphatic rings. The Morgan fingerprint density at radius 1 is 1.20 bits per heavy atom. The van der Waals surface area contributed by atoms with E-state index in [2.05, 4.69) is 43.1 Å². The molecule has 0 aliphatic carbocycles. The molecule has 0 bridgehead atoms. The Hall–Kier alpha value is -2.29. The van der Waals surface area contributed by atoms with Crippen LogP contribution in [-0.2, 0) is 6.42 Å². The van der Waals surface area contributed by atoms with Crippen molar-refractivity contribution in [3.63, 3.8) is 0 Å². The minimum atomic E-state index is -0.229. The predicted molar refractivity (Wildman–Crippen MR) is 105 cm³/mol. The van der Waals surface area contributed by atoms with Crippen LogP contribution in [0.15, 0.2) is 36.4 Å². The van der Waals surface area contributed by atoms with Crippen LogP contribution < -0.4 is 5.32 Å². The van der Waals surface area contributed by atoms with Crippen LogP contribution in [0.2, 0.25) is 0 Å². The molecule has 2 aromatic heterocycles. The number of fused-ring (bicyclic) bond motifs is 3. The summed E-state index contributed by atoms with van der Waals surface area (Å²) in [6.45, 7) is 3.80. The Bertz CT molecular complexity index is 1110. The summed E-state index contributed by atoms with van der Waals surface area (Å²) in [5.41, 5.74) is 2.37. The predicted octanol–water partition coefficient (Wildman–Crippen LogP) is 4.64. The molecule has 0 amide bonds. The van der Waals surface area contributed by atoms with E-state index in [9.17, 15) is 4.39 Å². The lowest BCUT2D eigenvalue weighted by atomic mass is 10.1. The number of nitrogens with zero attached hydrogens (tertiary/aromatic N) is 4. The second-order valence-corrected chi connectivity index (χ2v) is 7.00. The second kappa shape index (κ2) is 6.21. The fourth-order valence-corrected chi connectivity index (χ4v) is 3.60. The number of hydrogen-bond acceptors (Lipinski definition) is 4. The number of nitrogens with one attached hydrogen (secondary N) is 1. The Labute approximate surface area is 157 Å². The number of aromatic nitrogens is 4. The van der Waals surface area contributed by atoms with Gasteiger partial charge in [-0.25, -0.2) is 4.39 Å². The standard InChI is InChI=1S/C18H15FIN5/c1-3-13-14(19)7-8-15-16(13)17(21-12-6-4-5-11(20)9-12)22-18-24-23-10(2)25(15)18/h4-9H,3H2,1-2H3,(H,21,22,24). The van der Waals surface area contributed by atoms with Gasteiger partial charge in [-0.15, -0.1) is 10.2 Å². The van der Waals surface area contributed by atoms with Crippen LogP contribution in [0.4, 0.5) is 15.9 Å². The van der Waals surface area contributed by atoms with Crippen molar-refractivity contribution in [3.8, 4) is 0 Å². The highest BCUT2D eigenvalue weighted by Crippen LogP contribution is 2.31. The smallest absolute Gasteiger partial charge is 0.257 e. The third kappa shape index (κ3) is 2.72. The van der Waals surface area contributed by atoms with Crippen LogP contribution in [0.5, 0.6) is 0 Å². The minimum Gasteiger partial charge on any atom is -0.340 e. The molecule has 25 heavy (non-hydrogen) atoms. The fourth-order valence-electron chi connectivity index (χ4n) is 3.06. The maximum atomic E-state index is 14.4. The molecule has 2 aromatic carbocycles. The van der Waals surface area contributed by atoms with Gasteiger partial charge in [0.15, 0.2) is 0 Å². The van der Waals surface area contributed by atoms with E-state index in [4.69, 9.17) is 0 Å². The van der Waals surface area contributed by atoms with E-state index >= 15 is 0 Å². The van der Waals surface area contributed by atoms with Crippen molar-refractivity contribution in [2.24, 2.45) is 0 Å². The first-order valence-electron chi connectivity index (χ1n) is 7.94. The van der Waals surface area contributed by atoms with Crippen LogP contribution in [-0.4, -0.2) is 19.6 Å². The summed E-state index contributed by atoms with van der Waals surface area (Å²) >= 11 is 2.26. The van der Waals surface area contributed by atoms with E-state index in [1.165, 1.54) is 6.07 Å². The van der Waals surface area contributed by atoms with Crippen molar-refractivity contribution < 1.29 is 4.39 Å². The zero-order chi connectivity index (χ0) is 17.6. The van der Waals surface area contributed by atoms with E-state index in [-0.39, 0.29) is 5.82 Å². The lowest BCUT2D eigenvalue weighted by Gasteiger charge is -2.14. The van der Waals surface area contributed by atoms with Crippen molar-refractivity contribution in [1.29, 1.82) is 0 Å². The van der Waals surface area contributed by atoms with E-state index in [1.807, 2.05) is 42.5 Å². The highest BCUT2D eigenvalue weighted by Gasteiger charge is 2.17. The van der Waals surface area contributed by atoms with Gasteiger partial charge in [-0.2, -0.15) is 4.98 Å². The Morgan fingerprint density at radius 2 is 2.04 bits per heavy atom. The molecule has 7 heteroatoms. The first-order valence-corrected chi connectivity index (χ1v) is 9.01. The zero-order valence-electron chi connectivity index (χ0n) is 13.7. The van der Waals surface area contributed by atoms with Crippen molar-refractivity contribution in [3.05, 3.63) is 57.2 Å². The number of hydrogen-bond donors (Lipinski definition) is 1. The number of benzene rings is 2. The molecule has 0 aliphatic heterocycles. The van der Waals surface area contributed by atoms with E-state index in [1.54, 1.807) is 6.07 Å². The van der Waals surface area contributed by atoms with Crippen LogP contribution >= 0.6 is 22.6 Å². The van der Waals surface area contributed by atoms with E-state index < -0.39 is 0 Å². The quantitative estimate of drug-likeness (QED) is 0.466.